The normalized spacial score (nSPS) is 11.7. The van der Waals surface area contributed by atoms with Gasteiger partial charge in [0, 0.05) is 30.9 Å². The first-order valence-corrected chi connectivity index (χ1v) is 6.66. The monoisotopic (exact) mass is 317 g/mol. The highest BCUT2D eigenvalue weighted by molar-refractivity contribution is 5.92. The second-order valence-electron chi connectivity index (χ2n) is 4.79. The molecule has 1 unspecified atom stereocenters. The van der Waals surface area contributed by atoms with Gasteiger partial charge < -0.3 is 20.6 Å². The molecule has 4 N–H and O–H groups in total. The van der Waals surface area contributed by atoms with Crippen molar-refractivity contribution in [3.8, 4) is 5.75 Å². The van der Waals surface area contributed by atoms with Crippen LogP contribution in [0.1, 0.15) is 33.8 Å². The van der Waals surface area contributed by atoms with Crippen LogP contribution in [0.15, 0.2) is 35.5 Å². The molecule has 0 aliphatic carbocycles. The van der Waals surface area contributed by atoms with Crippen LogP contribution in [0.4, 0.5) is 0 Å². The molecule has 0 aliphatic heterocycles. The summed E-state index contributed by atoms with van der Waals surface area (Å²) in [5.74, 6) is -2.87. The predicted octanol–water partition coefficient (Wildman–Crippen LogP) is 0.269. The Morgan fingerprint density at radius 3 is 2.78 bits per heavy atom. The highest BCUT2D eigenvalue weighted by Crippen LogP contribution is 2.32. The number of nitrogens with zero attached hydrogens (tertiary/aromatic N) is 1. The quantitative estimate of drug-likeness (QED) is 0.677. The summed E-state index contributed by atoms with van der Waals surface area (Å²) in [5.41, 5.74) is 4.77. The lowest BCUT2D eigenvalue weighted by Gasteiger charge is -2.17. The third kappa shape index (κ3) is 3.37. The van der Waals surface area contributed by atoms with E-state index in [1.54, 1.807) is 12.1 Å². The number of nitrogens with one attached hydrogen (secondary N) is 1. The number of primary amides is 1. The molecule has 0 saturated heterocycles. The molecule has 0 bridgehead atoms. The molecule has 1 amide bonds. The number of H-pyrrole nitrogens is 1. The van der Waals surface area contributed by atoms with E-state index in [1.807, 2.05) is 0 Å². The largest absolute Gasteiger partial charge is 0.506 e. The Morgan fingerprint density at radius 2 is 2.22 bits per heavy atom. The second-order valence-corrected chi connectivity index (χ2v) is 4.79. The van der Waals surface area contributed by atoms with Crippen molar-refractivity contribution in [2.75, 3.05) is 7.11 Å². The Bertz CT molecular complexity index is 785. The molecule has 23 heavy (non-hydrogen) atoms. The molecule has 0 spiro atoms. The summed E-state index contributed by atoms with van der Waals surface area (Å²) in [7, 11) is 1.15. The topological polar surface area (TPSA) is 135 Å². The third-order valence-electron chi connectivity index (χ3n) is 3.35. The number of pyridine rings is 2. The van der Waals surface area contributed by atoms with Crippen molar-refractivity contribution in [2.45, 2.75) is 12.3 Å². The van der Waals surface area contributed by atoms with Gasteiger partial charge in [0.05, 0.1) is 12.7 Å². The zero-order valence-electron chi connectivity index (χ0n) is 12.3. The Labute approximate surface area is 130 Å². The van der Waals surface area contributed by atoms with E-state index >= 15 is 0 Å². The van der Waals surface area contributed by atoms with E-state index in [0.29, 0.717) is 5.56 Å². The van der Waals surface area contributed by atoms with E-state index < -0.39 is 29.1 Å². The maximum absolute atomic E-state index is 12.2. The number of hydrogen-bond acceptors (Lipinski definition) is 6. The number of carbonyl (C=O) groups is 2. The summed E-state index contributed by atoms with van der Waals surface area (Å²) >= 11 is 0. The molecule has 1 atom stereocenters. The lowest BCUT2D eigenvalue weighted by atomic mass is 9.88. The van der Waals surface area contributed by atoms with E-state index in [-0.39, 0.29) is 17.5 Å². The molecule has 8 nitrogen and oxygen atoms in total. The molecule has 0 radical (unpaired) electrons. The Morgan fingerprint density at radius 1 is 1.48 bits per heavy atom. The van der Waals surface area contributed by atoms with Gasteiger partial charge in [0.2, 0.25) is 5.91 Å². The number of methoxy groups -OCH3 is 1. The van der Waals surface area contributed by atoms with Crippen molar-refractivity contribution in [2.24, 2.45) is 5.73 Å². The van der Waals surface area contributed by atoms with Gasteiger partial charge in [-0.15, -0.1) is 0 Å². The van der Waals surface area contributed by atoms with Crippen LogP contribution in [-0.2, 0) is 9.53 Å². The van der Waals surface area contributed by atoms with E-state index in [4.69, 9.17) is 5.73 Å². The minimum atomic E-state index is -0.838. The number of esters is 1. The first-order valence-electron chi connectivity index (χ1n) is 6.66. The van der Waals surface area contributed by atoms with Gasteiger partial charge >= 0.3 is 5.97 Å². The zero-order valence-corrected chi connectivity index (χ0v) is 12.3. The van der Waals surface area contributed by atoms with Gasteiger partial charge in [-0.3, -0.25) is 14.6 Å². The molecule has 2 aromatic heterocycles. The summed E-state index contributed by atoms with van der Waals surface area (Å²) in [4.78, 5) is 41.5. The highest BCUT2D eigenvalue weighted by atomic mass is 16.5. The fourth-order valence-corrected chi connectivity index (χ4v) is 2.30. The van der Waals surface area contributed by atoms with Gasteiger partial charge in [0.1, 0.15) is 11.3 Å². The Kier molecular flexibility index (Phi) is 4.75. The molecule has 120 valence electrons. The van der Waals surface area contributed by atoms with Crippen LogP contribution >= 0.6 is 0 Å². The average molecular weight is 317 g/mol. The molecule has 2 rings (SSSR count). The lowest BCUT2D eigenvalue weighted by Crippen LogP contribution is -2.23. The van der Waals surface area contributed by atoms with Crippen LogP contribution < -0.4 is 11.3 Å². The van der Waals surface area contributed by atoms with Gasteiger partial charge in [-0.1, -0.05) is 6.07 Å². The minimum Gasteiger partial charge on any atom is -0.506 e. The van der Waals surface area contributed by atoms with Crippen molar-refractivity contribution >= 4 is 11.9 Å². The van der Waals surface area contributed by atoms with Crippen molar-refractivity contribution in [3.63, 3.8) is 0 Å². The third-order valence-corrected chi connectivity index (χ3v) is 3.35. The number of nitrogens with two attached hydrogens (primary N) is 1. The van der Waals surface area contributed by atoms with E-state index in [2.05, 4.69) is 14.7 Å². The molecular weight excluding hydrogens is 302 g/mol. The summed E-state index contributed by atoms with van der Waals surface area (Å²) < 4.78 is 4.55. The van der Waals surface area contributed by atoms with Gasteiger partial charge in [0.25, 0.3) is 5.56 Å². The number of amides is 1. The number of rotatable bonds is 5. The predicted molar refractivity (Wildman–Crippen MR) is 80.0 cm³/mol. The lowest BCUT2D eigenvalue weighted by molar-refractivity contribution is -0.118. The van der Waals surface area contributed by atoms with Crippen LogP contribution in [0.5, 0.6) is 5.75 Å². The number of hydrogen-bond donors (Lipinski definition) is 3. The van der Waals surface area contributed by atoms with Crippen molar-refractivity contribution < 1.29 is 19.4 Å². The number of aromatic hydroxyl groups is 1. The summed E-state index contributed by atoms with van der Waals surface area (Å²) in [6, 6.07) is 3.27. The maximum atomic E-state index is 12.2. The number of carbonyl (C=O) groups excluding carboxylic acids is 2. The molecule has 0 aromatic carbocycles. The fourth-order valence-electron chi connectivity index (χ4n) is 2.30. The molecule has 0 fully saturated rings. The molecule has 0 aliphatic rings. The van der Waals surface area contributed by atoms with Crippen molar-refractivity contribution in [1.29, 1.82) is 0 Å². The minimum absolute atomic E-state index is 0.139. The van der Waals surface area contributed by atoms with E-state index in [1.165, 1.54) is 12.4 Å². The van der Waals surface area contributed by atoms with Crippen LogP contribution in [0.2, 0.25) is 0 Å². The smallest absolute Gasteiger partial charge is 0.343 e. The summed E-state index contributed by atoms with van der Waals surface area (Å²) in [6.07, 6.45) is 3.81. The van der Waals surface area contributed by atoms with Gasteiger partial charge in [-0.25, -0.2) is 4.79 Å². The van der Waals surface area contributed by atoms with Crippen molar-refractivity contribution in [1.82, 2.24) is 9.97 Å². The first-order chi connectivity index (χ1) is 11.0. The Hall–Kier alpha value is -3.16. The first kappa shape index (κ1) is 16.2. The van der Waals surface area contributed by atoms with Crippen LogP contribution in [-0.4, -0.2) is 34.1 Å². The summed E-state index contributed by atoms with van der Waals surface area (Å²) in [6.45, 7) is 0. The van der Waals surface area contributed by atoms with E-state index in [9.17, 15) is 19.5 Å². The number of aromatic amines is 1. The fraction of sp³-hybridized carbons (Fsp3) is 0.200. The van der Waals surface area contributed by atoms with Crippen LogP contribution in [0.3, 0.4) is 0 Å². The molecule has 2 aromatic rings. The Balaban J connectivity index is 2.65. The highest BCUT2D eigenvalue weighted by Gasteiger charge is 2.27. The van der Waals surface area contributed by atoms with Crippen molar-refractivity contribution in [3.05, 3.63) is 57.8 Å². The van der Waals surface area contributed by atoms with Gasteiger partial charge in [-0.2, -0.15) is 0 Å². The molecule has 0 saturated carbocycles. The SMILES string of the molecule is COC(=O)c1c[nH]c(=O)c(C(CC(N)=O)c2cccnc2)c1O. The van der Waals surface area contributed by atoms with Crippen LogP contribution in [0.25, 0.3) is 0 Å². The van der Waals surface area contributed by atoms with Gasteiger partial charge in [0.15, 0.2) is 0 Å². The second kappa shape index (κ2) is 6.73. The zero-order chi connectivity index (χ0) is 17.0. The molecular formula is C15H15N3O5. The number of ether oxygens (including phenoxy) is 1. The number of aromatic nitrogens is 2. The molecule has 8 heteroatoms. The standard InChI is InChI=1S/C15H15N3O5/c1-23-15(22)10-7-18-14(21)12(13(10)20)9(5-11(16)19)8-3-2-4-17-6-8/h2-4,6-7,9H,5H2,1H3,(H2,16,19)(H2,18,20,21). The van der Waals surface area contributed by atoms with E-state index in [0.717, 1.165) is 13.3 Å². The van der Waals surface area contributed by atoms with Crippen LogP contribution in [0, 0.1) is 0 Å². The summed E-state index contributed by atoms with van der Waals surface area (Å²) in [5, 5.41) is 10.3. The molecule has 2 heterocycles. The van der Waals surface area contributed by atoms with Gasteiger partial charge in [-0.05, 0) is 11.6 Å². The maximum Gasteiger partial charge on any atom is 0.343 e. The average Bonchev–Trinajstić information content (AvgIpc) is 2.54.